The summed E-state index contributed by atoms with van der Waals surface area (Å²) in [6.07, 6.45) is -0.551. The first-order valence-corrected chi connectivity index (χ1v) is 7.68. The number of carbonyl (C=O) groups is 1. The lowest BCUT2D eigenvalue weighted by Crippen LogP contribution is -2.29. The molecule has 1 unspecified atom stereocenters. The first kappa shape index (κ1) is 17.5. The fourth-order valence-electron chi connectivity index (χ4n) is 2.23. The first-order valence-electron chi connectivity index (χ1n) is 7.68. The van der Waals surface area contributed by atoms with Gasteiger partial charge in [0.25, 0.3) is 0 Å². The number of nitrogens with one attached hydrogen (secondary N) is 1. The van der Waals surface area contributed by atoms with Crippen molar-refractivity contribution in [2.45, 2.75) is 19.4 Å². The molecule has 2 aromatic rings. The van der Waals surface area contributed by atoms with E-state index < -0.39 is 6.10 Å². The molecule has 0 aromatic heterocycles. The summed E-state index contributed by atoms with van der Waals surface area (Å²) in [5.41, 5.74) is 2.68. The Kier molecular flexibility index (Phi) is 6.35. The molecular formula is C19H20N2O3. The minimum Gasteiger partial charge on any atom is -0.479 e. The molecule has 5 nitrogen and oxygen atoms in total. The number of nitrogens with zero attached hydrogens (tertiary/aromatic N) is 1. The monoisotopic (exact) mass is 324 g/mol. The summed E-state index contributed by atoms with van der Waals surface area (Å²) in [5, 5.41) is 21.3. The molecule has 0 fully saturated rings. The van der Waals surface area contributed by atoms with Crippen LogP contribution in [0.2, 0.25) is 0 Å². The second-order valence-corrected chi connectivity index (χ2v) is 5.50. The largest absolute Gasteiger partial charge is 0.479 e. The number of hydrogen-bond donors (Lipinski definition) is 2. The maximum absolute atomic E-state index is 12.0. The van der Waals surface area contributed by atoms with Gasteiger partial charge in [-0.2, -0.15) is 5.26 Å². The highest BCUT2D eigenvalue weighted by Gasteiger charge is 2.10. The molecule has 0 spiro atoms. The Bertz CT molecular complexity index is 720. The molecule has 0 saturated carbocycles. The molecule has 24 heavy (non-hydrogen) atoms. The SMILES string of the molecule is Cc1ccc(C(O)CNC(=O)Cc2cccc(OCC#N)c2)cc1. The Balaban J connectivity index is 1.84. The van der Waals surface area contributed by atoms with Gasteiger partial charge in [0.2, 0.25) is 5.91 Å². The highest BCUT2D eigenvalue weighted by atomic mass is 16.5. The zero-order valence-corrected chi connectivity index (χ0v) is 13.5. The molecule has 2 aromatic carbocycles. The lowest BCUT2D eigenvalue weighted by molar-refractivity contribution is -0.120. The summed E-state index contributed by atoms with van der Waals surface area (Å²) in [6.45, 7) is 2.11. The number of hydrogen-bond acceptors (Lipinski definition) is 4. The number of benzene rings is 2. The molecule has 0 heterocycles. The van der Waals surface area contributed by atoms with E-state index in [1.165, 1.54) is 0 Å². The number of ether oxygens (including phenoxy) is 1. The van der Waals surface area contributed by atoms with E-state index in [-0.39, 0.29) is 25.5 Å². The zero-order chi connectivity index (χ0) is 17.4. The van der Waals surface area contributed by atoms with E-state index in [0.717, 1.165) is 16.7 Å². The molecule has 0 aliphatic carbocycles. The van der Waals surface area contributed by atoms with Crippen LogP contribution in [0.3, 0.4) is 0 Å². The predicted molar refractivity (Wildman–Crippen MR) is 90.4 cm³/mol. The average molecular weight is 324 g/mol. The maximum atomic E-state index is 12.0. The molecule has 2 N–H and O–H groups in total. The Morgan fingerprint density at radius 2 is 2.04 bits per heavy atom. The molecule has 5 heteroatoms. The van der Waals surface area contributed by atoms with Crippen LogP contribution >= 0.6 is 0 Å². The lowest BCUT2D eigenvalue weighted by Gasteiger charge is -2.13. The fourth-order valence-corrected chi connectivity index (χ4v) is 2.23. The molecule has 1 amide bonds. The van der Waals surface area contributed by atoms with Gasteiger partial charge in [-0.15, -0.1) is 0 Å². The van der Waals surface area contributed by atoms with Crippen LogP contribution in [0.25, 0.3) is 0 Å². The van der Waals surface area contributed by atoms with Gasteiger partial charge in [0.05, 0.1) is 12.5 Å². The van der Waals surface area contributed by atoms with E-state index in [2.05, 4.69) is 5.32 Å². The molecular weight excluding hydrogens is 304 g/mol. The molecule has 0 aliphatic rings. The molecule has 0 aliphatic heterocycles. The van der Waals surface area contributed by atoms with Crippen molar-refractivity contribution in [3.63, 3.8) is 0 Å². The number of rotatable bonds is 7. The van der Waals surface area contributed by atoms with Gasteiger partial charge < -0.3 is 15.2 Å². The van der Waals surface area contributed by atoms with Gasteiger partial charge in [-0.3, -0.25) is 4.79 Å². The summed E-state index contributed by atoms with van der Waals surface area (Å²) in [4.78, 5) is 12.0. The van der Waals surface area contributed by atoms with Crippen LogP contribution in [-0.4, -0.2) is 24.2 Å². The highest BCUT2D eigenvalue weighted by Crippen LogP contribution is 2.15. The van der Waals surface area contributed by atoms with Gasteiger partial charge in [0, 0.05) is 6.54 Å². The second kappa shape index (κ2) is 8.70. The van der Waals surface area contributed by atoms with Crippen molar-refractivity contribution in [3.8, 4) is 11.8 Å². The number of nitriles is 1. The highest BCUT2D eigenvalue weighted by molar-refractivity contribution is 5.78. The molecule has 2 rings (SSSR count). The van der Waals surface area contributed by atoms with Crippen molar-refractivity contribution in [1.82, 2.24) is 5.32 Å². The third-order valence-corrected chi connectivity index (χ3v) is 3.52. The van der Waals surface area contributed by atoms with Crippen molar-refractivity contribution in [3.05, 3.63) is 65.2 Å². The Morgan fingerprint density at radius 1 is 1.29 bits per heavy atom. The van der Waals surface area contributed by atoms with Crippen LogP contribution in [-0.2, 0) is 11.2 Å². The van der Waals surface area contributed by atoms with Gasteiger partial charge in [-0.25, -0.2) is 0 Å². The van der Waals surface area contributed by atoms with Gasteiger partial charge in [-0.05, 0) is 30.2 Å². The van der Waals surface area contributed by atoms with Crippen molar-refractivity contribution in [1.29, 1.82) is 5.26 Å². The summed E-state index contributed by atoms with van der Waals surface area (Å²) in [5.74, 6) is 0.375. The Morgan fingerprint density at radius 3 is 2.75 bits per heavy atom. The summed E-state index contributed by atoms with van der Waals surface area (Å²) in [7, 11) is 0. The van der Waals surface area contributed by atoms with Crippen molar-refractivity contribution < 1.29 is 14.6 Å². The number of aliphatic hydroxyl groups excluding tert-OH is 1. The number of amides is 1. The second-order valence-electron chi connectivity index (χ2n) is 5.50. The van der Waals surface area contributed by atoms with Crippen LogP contribution in [0.1, 0.15) is 22.8 Å². The molecule has 124 valence electrons. The Hall–Kier alpha value is -2.84. The van der Waals surface area contributed by atoms with Gasteiger partial charge in [0.1, 0.15) is 11.8 Å². The van der Waals surface area contributed by atoms with Gasteiger partial charge >= 0.3 is 0 Å². The summed E-state index contributed by atoms with van der Waals surface area (Å²) >= 11 is 0. The van der Waals surface area contributed by atoms with Crippen molar-refractivity contribution >= 4 is 5.91 Å². The standard InChI is InChI=1S/C19H20N2O3/c1-14-5-7-16(8-6-14)18(22)13-21-19(23)12-15-3-2-4-17(11-15)24-10-9-20/h2-8,11,18,22H,10,12-13H2,1H3,(H,21,23). The molecule has 0 radical (unpaired) electrons. The average Bonchev–Trinajstić information content (AvgIpc) is 2.59. The molecule has 0 bridgehead atoms. The summed E-state index contributed by atoms with van der Waals surface area (Å²) in [6, 6.07) is 16.5. The quantitative estimate of drug-likeness (QED) is 0.818. The third kappa shape index (κ3) is 5.41. The number of aliphatic hydroxyl groups is 1. The van der Waals surface area contributed by atoms with Gasteiger partial charge in [0.15, 0.2) is 6.61 Å². The van der Waals surface area contributed by atoms with E-state index in [1.54, 1.807) is 18.2 Å². The van der Waals surface area contributed by atoms with Crippen LogP contribution < -0.4 is 10.1 Å². The van der Waals surface area contributed by atoms with Crippen molar-refractivity contribution in [2.24, 2.45) is 0 Å². The van der Waals surface area contributed by atoms with E-state index in [4.69, 9.17) is 10.00 Å². The maximum Gasteiger partial charge on any atom is 0.224 e. The third-order valence-electron chi connectivity index (χ3n) is 3.52. The predicted octanol–water partition coefficient (Wildman–Crippen LogP) is 2.29. The Labute approximate surface area is 141 Å². The van der Waals surface area contributed by atoms with Crippen LogP contribution in [0.15, 0.2) is 48.5 Å². The summed E-state index contributed by atoms with van der Waals surface area (Å²) < 4.78 is 5.21. The van der Waals surface area contributed by atoms with E-state index in [0.29, 0.717) is 5.75 Å². The minimum atomic E-state index is -0.736. The van der Waals surface area contributed by atoms with Crippen molar-refractivity contribution in [2.75, 3.05) is 13.2 Å². The van der Waals surface area contributed by atoms with Crippen LogP contribution in [0.4, 0.5) is 0 Å². The number of aryl methyl sites for hydroxylation is 1. The van der Waals surface area contributed by atoms with E-state index in [1.807, 2.05) is 43.3 Å². The normalized spacial score (nSPS) is 11.4. The first-order chi connectivity index (χ1) is 11.6. The fraction of sp³-hybridized carbons (Fsp3) is 0.263. The number of carbonyl (C=O) groups excluding carboxylic acids is 1. The zero-order valence-electron chi connectivity index (χ0n) is 13.5. The smallest absolute Gasteiger partial charge is 0.224 e. The van der Waals surface area contributed by atoms with E-state index in [9.17, 15) is 9.90 Å². The van der Waals surface area contributed by atoms with Crippen LogP contribution in [0.5, 0.6) is 5.75 Å². The minimum absolute atomic E-state index is 0.0294. The van der Waals surface area contributed by atoms with Crippen LogP contribution in [0, 0.1) is 18.3 Å². The molecule has 0 saturated heterocycles. The van der Waals surface area contributed by atoms with E-state index >= 15 is 0 Å². The lowest BCUT2D eigenvalue weighted by atomic mass is 10.1. The van der Waals surface area contributed by atoms with Gasteiger partial charge in [-0.1, -0.05) is 42.0 Å². The molecule has 1 atom stereocenters. The topological polar surface area (TPSA) is 82.3 Å².